The van der Waals surface area contributed by atoms with E-state index in [1.165, 1.54) is 19.2 Å². The lowest BCUT2D eigenvalue weighted by Crippen LogP contribution is -2.32. The minimum absolute atomic E-state index is 0.0851. The van der Waals surface area contributed by atoms with Gasteiger partial charge < -0.3 is 14.2 Å². The Kier molecular flexibility index (Phi) is 8.40. The Labute approximate surface area is 221 Å². The van der Waals surface area contributed by atoms with Crippen molar-refractivity contribution in [3.63, 3.8) is 0 Å². The van der Waals surface area contributed by atoms with Gasteiger partial charge in [-0.05, 0) is 71.9 Å². The lowest BCUT2D eigenvalue weighted by atomic mass is 10.1. The number of carbonyl (C=O) groups is 2. The maximum Gasteiger partial charge on any atom is 0.293 e. The third-order valence-corrected chi connectivity index (χ3v) is 6.70. The summed E-state index contributed by atoms with van der Waals surface area (Å²) in [5.41, 5.74) is 0.866. The van der Waals surface area contributed by atoms with E-state index in [1.807, 2.05) is 0 Å². The van der Waals surface area contributed by atoms with Crippen LogP contribution in [0.5, 0.6) is 17.2 Å². The van der Waals surface area contributed by atoms with Gasteiger partial charge in [-0.1, -0.05) is 35.3 Å². The van der Waals surface area contributed by atoms with Crippen molar-refractivity contribution < 1.29 is 28.2 Å². The fourth-order valence-electron chi connectivity index (χ4n) is 3.34. The van der Waals surface area contributed by atoms with Crippen molar-refractivity contribution in [3.05, 3.63) is 92.6 Å². The molecular formula is C26H20Cl2FNO5S. The van der Waals surface area contributed by atoms with Crippen LogP contribution in [0, 0.1) is 5.82 Å². The van der Waals surface area contributed by atoms with E-state index < -0.39 is 11.7 Å². The van der Waals surface area contributed by atoms with Gasteiger partial charge in [0.15, 0.2) is 11.5 Å². The predicted molar refractivity (Wildman–Crippen MR) is 138 cm³/mol. The third kappa shape index (κ3) is 6.13. The van der Waals surface area contributed by atoms with Crippen LogP contribution < -0.4 is 14.2 Å². The van der Waals surface area contributed by atoms with Gasteiger partial charge in [0.1, 0.15) is 24.8 Å². The molecule has 0 radical (unpaired) electrons. The predicted octanol–water partition coefficient (Wildman–Crippen LogP) is 6.84. The lowest BCUT2D eigenvalue weighted by molar-refractivity contribution is -0.123. The molecule has 0 atom stereocenters. The summed E-state index contributed by atoms with van der Waals surface area (Å²) in [6.07, 6.45) is 1.60. The molecule has 6 nitrogen and oxygen atoms in total. The molecule has 1 aliphatic heterocycles. The van der Waals surface area contributed by atoms with Gasteiger partial charge in [0.25, 0.3) is 11.1 Å². The number of nitrogens with zero attached hydrogens (tertiary/aromatic N) is 1. The summed E-state index contributed by atoms with van der Waals surface area (Å²) in [5, 5.41) is 0.476. The quantitative estimate of drug-likeness (QED) is 0.273. The molecule has 186 valence electrons. The molecule has 36 heavy (non-hydrogen) atoms. The van der Waals surface area contributed by atoms with E-state index in [4.69, 9.17) is 37.4 Å². The molecule has 0 aromatic heterocycles. The number of benzene rings is 3. The smallest absolute Gasteiger partial charge is 0.293 e. The van der Waals surface area contributed by atoms with Crippen LogP contribution in [0.2, 0.25) is 10.0 Å². The Bertz CT molecular complexity index is 1300. The maximum atomic E-state index is 14.0. The minimum atomic E-state index is -0.465. The summed E-state index contributed by atoms with van der Waals surface area (Å²) in [6.45, 7) is 0.177. The monoisotopic (exact) mass is 547 g/mol. The summed E-state index contributed by atoms with van der Waals surface area (Å²) in [5.74, 6) is 0.479. The second kappa shape index (κ2) is 11.7. The molecule has 0 unspecified atom stereocenters. The largest absolute Gasteiger partial charge is 0.493 e. The highest BCUT2D eigenvalue weighted by Crippen LogP contribution is 2.35. The summed E-state index contributed by atoms with van der Waals surface area (Å²) in [6, 6.07) is 16.2. The lowest BCUT2D eigenvalue weighted by Gasteiger charge is -2.13. The molecule has 0 aliphatic carbocycles. The highest BCUT2D eigenvalue weighted by atomic mass is 35.5. The van der Waals surface area contributed by atoms with Crippen molar-refractivity contribution in [1.29, 1.82) is 0 Å². The van der Waals surface area contributed by atoms with E-state index in [0.717, 1.165) is 16.7 Å². The Balaban J connectivity index is 1.41. The molecule has 3 aromatic rings. The number of imide groups is 1. The molecule has 1 heterocycles. The first-order valence-corrected chi connectivity index (χ1v) is 12.3. The molecule has 0 bridgehead atoms. The topological polar surface area (TPSA) is 65.1 Å². The Morgan fingerprint density at radius 3 is 2.50 bits per heavy atom. The highest BCUT2D eigenvalue weighted by molar-refractivity contribution is 8.18. The van der Waals surface area contributed by atoms with Gasteiger partial charge in [-0.15, -0.1) is 0 Å². The van der Waals surface area contributed by atoms with Gasteiger partial charge in [0, 0.05) is 10.6 Å². The molecule has 1 aliphatic rings. The fourth-order valence-corrected chi connectivity index (χ4v) is 4.55. The van der Waals surface area contributed by atoms with Gasteiger partial charge in [-0.25, -0.2) is 4.39 Å². The van der Waals surface area contributed by atoms with E-state index in [1.54, 1.807) is 54.6 Å². The normalized spacial score (nSPS) is 14.4. The van der Waals surface area contributed by atoms with Crippen LogP contribution in [0.3, 0.4) is 0 Å². The number of amides is 2. The van der Waals surface area contributed by atoms with E-state index in [9.17, 15) is 14.0 Å². The number of hydrogen-bond acceptors (Lipinski definition) is 6. The highest BCUT2D eigenvalue weighted by Gasteiger charge is 2.34. The molecule has 0 N–H and O–H groups in total. The summed E-state index contributed by atoms with van der Waals surface area (Å²) in [7, 11) is 1.47. The Morgan fingerprint density at radius 2 is 1.78 bits per heavy atom. The minimum Gasteiger partial charge on any atom is -0.493 e. The molecule has 2 amide bonds. The Morgan fingerprint density at radius 1 is 1.00 bits per heavy atom. The Hall–Kier alpha value is -3.20. The molecule has 0 spiro atoms. The molecule has 0 saturated carbocycles. The average molecular weight is 548 g/mol. The van der Waals surface area contributed by atoms with Crippen LogP contribution in [-0.2, 0) is 11.4 Å². The van der Waals surface area contributed by atoms with Gasteiger partial charge in [0.2, 0.25) is 0 Å². The average Bonchev–Trinajstić information content (AvgIpc) is 3.12. The van der Waals surface area contributed by atoms with Crippen LogP contribution in [0.1, 0.15) is 11.1 Å². The van der Waals surface area contributed by atoms with Gasteiger partial charge >= 0.3 is 0 Å². The number of carbonyl (C=O) groups excluding carboxylic acids is 2. The van der Waals surface area contributed by atoms with Gasteiger partial charge in [-0.3, -0.25) is 14.5 Å². The second-order valence-electron chi connectivity index (χ2n) is 7.53. The third-order valence-electron chi connectivity index (χ3n) is 5.19. The van der Waals surface area contributed by atoms with Crippen LogP contribution in [-0.4, -0.2) is 36.3 Å². The van der Waals surface area contributed by atoms with Crippen LogP contribution in [0.25, 0.3) is 6.08 Å². The first kappa shape index (κ1) is 25.9. The number of halogens is 3. The summed E-state index contributed by atoms with van der Waals surface area (Å²) < 4.78 is 30.7. The molecule has 3 aromatic carbocycles. The zero-order valence-electron chi connectivity index (χ0n) is 19.0. The van der Waals surface area contributed by atoms with E-state index >= 15 is 0 Å². The molecule has 10 heteroatoms. The summed E-state index contributed by atoms with van der Waals surface area (Å²) in [4.78, 5) is 26.6. The van der Waals surface area contributed by atoms with Crippen LogP contribution in [0.4, 0.5) is 9.18 Å². The van der Waals surface area contributed by atoms with Gasteiger partial charge in [-0.2, -0.15) is 0 Å². The van der Waals surface area contributed by atoms with Crippen molar-refractivity contribution in [2.75, 3.05) is 20.3 Å². The van der Waals surface area contributed by atoms with E-state index in [0.29, 0.717) is 27.8 Å². The first-order chi connectivity index (χ1) is 17.4. The van der Waals surface area contributed by atoms with E-state index in [-0.39, 0.29) is 40.5 Å². The standard InChI is InChI=1S/C26H20Cl2FNO5S/c1-33-23-13-16(5-10-22(23)35-15-19-20(28)3-2-4-21(19)29)14-24-25(31)30(26(32)36-24)11-12-34-18-8-6-17(27)7-9-18/h2-10,13-14H,11-12,15H2,1H3/b24-14-. The van der Waals surface area contributed by atoms with Crippen molar-refractivity contribution in [2.24, 2.45) is 0 Å². The van der Waals surface area contributed by atoms with Crippen LogP contribution >= 0.6 is 35.0 Å². The van der Waals surface area contributed by atoms with Crippen molar-refractivity contribution in [3.8, 4) is 17.2 Å². The molecule has 1 fully saturated rings. The number of thioether (sulfide) groups is 1. The number of rotatable bonds is 9. The summed E-state index contributed by atoms with van der Waals surface area (Å²) >= 11 is 12.8. The van der Waals surface area contributed by atoms with Crippen LogP contribution in [0.15, 0.2) is 65.6 Å². The molecule has 4 rings (SSSR count). The van der Waals surface area contributed by atoms with Crippen molar-refractivity contribution in [2.45, 2.75) is 6.61 Å². The SMILES string of the molecule is COc1cc(/C=C2\SC(=O)N(CCOc3ccc(Cl)cc3)C2=O)ccc1OCc1c(F)cccc1Cl. The maximum absolute atomic E-state index is 14.0. The van der Waals surface area contributed by atoms with Gasteiger partial charge in [0.05, 0.1) is 23.6 Å². The van der Waals surface area contributed by atoms with E-state index in [2.05, 4.69) is 0 Å². The first-order valence-electron chi connectivity index (χ1n) is 10.7. The zero-order chi connectivity index (χ0) is 25.7. The molecular weight excluding hydrogens is 528 g/mol. The second-order valence-corrected chi connectivity index (χ2v) is 9.37. The fraction of sp³-hybridized carbons (Fsp3) is 0.154. The molecule has 1 saturated heterocycles. The van der Waals surface area contributed by atoms with Crippen molar-refractivity contribution in [1.82, 2.24) is 4.90 Å². The number of methoxy groups -OCH3 is 1. The number of ether oxygens (including phenoxy) is 3. The number of hydrogen-bond donors (Lipinski definition) is 0. The van der Waals surface area contributed by atoms with Crippen molar-refractivity contribution >= 4 is 52.2 Å². The zero-order valence-corrected chi connectivity index (χ0v) is 21.3.